The van der Waals surface area contributed by atoms with Gasteiger partial charge in [0.2, 0.25) is 0 Å². The highest BCUT2D eigenvalue weighted by Gasteiger charge is 2.18. The molecule has 5 heteroatoms. The second-order valence-corrected chi connectivity index (χ2v) is 6.21. The van der Waals surface area contributed by atoms with Gasteiger partial charge in [0, 0.05) is 32.4 Å². The quantitative estimate of drug-likeness (QED) is 0.907. The first-order valence-corrected chi connectivity index (χ1v) is 7.70. The Morgan fingerprint density at radius 1 is 1.43 bits per heavy atom. The van der Waals surface area contributed by atoms with E-state index in [-0.39, 0.29) is 12.4 Å². The van der Waals surface area contributed by atoms with Crippen LogP contribution in [0.15, 0.2) is 18.3 Å². The molecule has 0 radical (unpaired) electrons. The normalized spacial score (nSPS) is 19.4. The van der Waals surface area contributed by atoms with Crippen molar-refractivity contribution in [3.63, 3.8) is 0 Å². The third-order valence-electron chi connectivity index (χ3n) is 4.29. The van der Waals surface area contributed by atoms with Gasteiger partial charge in [-0.1, -0.05) is 6.07 Å². The van der Waals surface area contributed by atoms with E-state index in [1.54, 1.807) is 0 Å². The fraction of sp³-hybridized carbons (Fsp3) is 0.688. The Labute approximate surface area is 135 Å². The van der Waals surface area contributed by atoms with Crippen LogP contribution in [0.1, 0.15) is 32.3 Å². The Kier molecular flexibility index (Phi) is 7.43. The lowest BCUT2D eigenvalue weighted by atomic mass is 9.98. The minimum atomic E-state index is 0. The zero-order chi connectivity index (χ0) is 14.5. The molecule has 0 saturated carbocycles. The first-order valence-electron chi connectivity index (χ1n) is 7.70. The third-order valence-corrected chi connectivity index (χ3v) is 4.29. The second kappa shape index (κ2) is 8.57. The Morgan fingerprint density at radius 2 is 2.19 bits per heavy atom. The van der Waals surface area contributed by atoms with Gasteiger partial charge < -0.3 is 10.6 Å². The average molecular weight is 313 g/mol. The van der Waals surface area contributed by atoms with E-state index < -0.39 is 0 Å². The van der Waals surface area contributed by atoms with Crippen LogP contribution < -0.4 is 10.6 Å². The van der Waals surface area contributed by atoms with Gasteiger partial charge in [-0.05, 0) is 57.3 Å². The summed E-state index contributed by atoms with van der Waals surface area (Å²) < 4.78 is 0. The van der Waals surface area contributed by atoms with Crippen LogP contribution >= 0.6 is 12.4 Å². The topological polar surface area (TPSA) is 45.4 Å². The molecule has 4 nitrogen and oxygen atoms in total. The summed E-state index contributed by atoms with van der Waals surface area (Å²) in [6.07, 6.45) is 4.56. The van der Waals surface area contributed by atoms with Crippen molar-refractivity contribution < 1.29 is 0 Å². The minimum absolute atomic E-state index is 0. The number of likely N-dealkylation sites (tertiary alicyclic amines) is 1. The van der Waals surface area contributed by atoms with Crippen LogP contribution in [0.25, 0.3) is 0 Å². The molecular weight excluding hydrogens is 284 g/mol. The number of nitrogens with zero attached hydrogens (tertiary/aromatic N) is 3. The number of aromatic nitrogens is 1. The molecule has 1 aromatic rings. The SMILES string of the molecule is CC(C)N(C)c1ccc(CN2CCCC(CN)C2)cn1.Cl. The second-order valence-electron chi connectivity index (χ2n) is 6.21. The summed E-state index contributed by atoms with van der Waals surface area (Å²) in [5.74, 6) is 1.71. The summed E-state index contributed by atoms with van der Waals surface area (Å²) in [5, 5.41) is 0. The van der Waals surface area contributed by atoms with E-state index >= 15 is 0 Å². The van der Waals surface area contributed by atoms with E-state index in [0.29, 0.717) is 12.0 Å². The van der Waals surface area contributed by atoms with Gasteiger partial charge in [0.25, 0.3) is 0 Å². The largest absolute Gasteiger partial charge is 0.357 e. The molecule has 0 aliphatic carbocycles. The molecule has 120 valence electrons. The van der Waals surface area contributed by atoms with E-state index in [1.165, 1.54) is 24.9 Å². The molecule has 1 saturated heterocycles. The maximum atomic E-state index is 5.80. The number of piperidine rings is 1. The van der Waals surface area contributed by atoms with E-state index in [2.05, 4.69) is 47.8 Å². The predicted octanol–water partition coefficient (Wildman–Crippen LogP) is 2.52. The van der Waals surface area contributed by atoms with Crippen LogP contribution in [0.4, 0.5) is 5.82 Å². The maximum absolute atomic E-state index is 5.80. The molecule has 1 aliphatic heterocycles. The molecule has 1 aliphatic rings. The van der Waals surface area contributed by atoms with Crippen molar-refractivity contribution in [2.24, 2.45) is 11.7 Å². The van der Waals surface area contributed by atoms with Crippen molar-refractivity contribution in [3.05, 3.63) is 23.9 Å². The molecule has 1 unspecified atom stereocenters. The van der Waals surface area contributed by atoms with Crippen LogP contribution in [-0.2, 0) is 6.54 Å². The standard InChI is InChI=1S/C16H28N4.ClH/c1-13(2)19(3)16-7-6-15(10-18-16)12-20-8-4-5-14(9-17)11-20;/h6-7,10,13-14H,4-5,8-9,11-12,17H2,1-3H3;1H. The molecule has 21 heavy (non-hydrogen) atoms. The van der Waals surface area contributed by atoms with Crippen LogP contribution in [0.5, 0.6) is 0 Å². The van der Waals surface area contributed by atoms with Crippen molar-refractivity contribution in [3.8, 4) is 0 Å². The van der Waals surface area contributed by atoms with Crippen molar-refractivity contribution in [1.29, 1.82) is 0 Å². The Hall–Kier alpha value is -0.840. The van der Waals surface area contributed by atoms with Gasteiger partial charge in [0.1, 0.15) is 5.82 Å². The number of halogens is 1. The van der Waals surface area contributed by atoms with Gasteiger partial charge in [0.15, 0.2) is 0 Å². The van der Waals surface area contributed by atoms with Crippen molar-refractivity contribution in [1.82, 2.24) is 9.88 Å². The highest BCUT2D eigenvalue weighted by molar-refractivity contribution is 5.85. The number of hydrogen-bond acceptors (Lipinski definition) is 4. The fourth-order valence-corrected chi connectivity index (χ4v) is 2.73. The molecule has 0 amide bonds. The molecule has 2 heterocycles. The summed E-state index contributed by atoms with van der Waals surface area (Å²) in [5.41, 5.74) is 7.09. The lowest BCUT2D eigenvalue weighted by molar-refractivity contribution is 0.171. The molecular formula is C16H29ClN4. The molecule has 1 aromatic heterocycles. The van der Waals surface area contributed by atoms with Crippen LogP contribution in [0.3, 0.4) is 0 Å². The van der Waals surface area contributed by atoms with E-state index in [1.807, 2.05) is 6.20 Å². The van der Waals surface area contributed by atoms with Gasteiger partial charge in [-0.3, -0.25) is 4.90 Å². The fourth-order valence-electron chi connectivity index (χ4n) is 2.73. The summed E-state index contributed by atoms with van der Waals surface area (Å²) in [6, 6.07) is 4.80. The number of anilines is 1. The Morgan fingerprint density at radius 3 is 2.76 bits per heavy atom. The van der Waals surface area contributed by atoms with Crippen molar-refractivity contribution in [2.45, 2.75) is 39.3 Å². The first kappa shape index (κ1) is 18.2. The Balaban J connectivity index is 0.00000220. The van der Waals surface area contributed by atoms with Gasteiger partial charge in [-0.15, -0.1) is 12.4 Å². The zero-order valence-electron chi connectivity index (χ0n) is 13.5. The highest BCUT2D eigenvalue weighted by Crippen LogP contribution is 2.18. The predicted molar refractivity (Wildman–Crippen MR) is 92.1 cm³/mol. The Bertz CT molecular complexity index is 407. The average Bonchev–Trinajstić information content (AvgIpc) is 2.47. The number of pyridine rings is 1. The molecule has 2 N–H and O–H groups in total. The first-order chi connectivity index (χ1) is 9.60. The highest BCUT2D eigenvalue weighted by atomic mass is 35.5. The molecule has 1 atom stereocenters. The molecule has 2 rings (SSSR count). The monoisotopic (exact) mass is 312 g/mol. The maximum Gasteiger partial charge on any atom is 0.128 e. The molecule has 1 fully saturated rings. The van der Waals surface area contributed by atoms with Crippen LogP contribution in [0, 0.1) is 5.92 Å². The summed E-state index contributed by atoms with van der Waals surface area (Å²) in [4.78, 5) is 9.27. The smallest absolute Gasteiger partial charge is 0.128 e. The number of rotatable bonds is 5. The number of hydrogen-bond donors (Lipinski definition) is 1. The van der Waals surface area contributed by atoms with Gasteiger partial charge in [0.05, 0.1) is 0 Å². The third kappa shape index (κ3) is 5.13. The van der Waals surface area contributed by atoms with E-state index in [4.69, 9.17) is 5.73 Å². The minimum Gasteiger partial charge on any atom is -0.357 e. The van der Waals surface area contributed by atoms with Crippen LogP contribution in [0.2, 0.25) is 0 Å². The lowest BCUT2D eigenvalue weighted by Gasteiger charge is -2.32. The lowest BCUT2D eigenvalue weighted by Crippen LogP contribution is -2.37. The van der Waals surface area contributed by atoms with E-state index in [9.17, 15) is 0 Å². The van der Waals surface area contributed by atoms with E-state index in [0.717, 1.165) is 25.5 Å². The summed E-state index contributed by atoms with van der Waals surface area (Å²) in [6.45, 7) is 8.48. The molecule has 0 aromatic carbocycles. The summed E-state index contributed by atoms with van der Waals surface area (Å²) >= 11 is 0. The van der Waals surface area contributed by atoms with Gasteiger partial charge in [-0.25, -0.2) is 4.98 Å². The van der Waals surface area contributed by atoms with Gasteiger partial charge >= 0.3 is 0 Å². The van der Waals surface area contributed by atoms with Crippen LogP contribution in [-0.4, -0.2) is 42.6 Å². The van der Waals surface area contributed by atoms with Crippen molar-refractivity contribution >= 4 is 18.2 Å². The molecule has 0 bridgehead atoms. The zero-order valence-corrected chi connectivity index (χ0v) is 14.3. The van der Waals surface area contributed by atoms with Gasteiger partial charge in [-0.2, -0.15) is 0 Å². The van der Waals surface area contributed by atoms with Crippen molar-refractivity contribution in [2.75, 3.05) is 31.6 Å². The number of nitrogens with two attached hydrogens (primary N) is 1. The summed E-state index contributed by atoms with van der Waals surface area (Å²) in [7, 11) is 2.09. The molecule has 0 spiro atoms.